The van der Waals surface area contributed by atoms with Crippen molar-refractivity contribution in [3.05, 3.63) is 145 Å². The van der Waals surface area contributed by atoms with Crippen LogP contribution in [0.25, 0.3) is 22.3 Å². The summed E-state index contributed by atoms with van der Waals surface area (Å²) < 4.78 is 4.08. The second-order valence-corrected chi connectivity index (χ2v) is 24.3. The molecule has 2 fully saturated rings. The van der Waals surface area contributed by atoms with E-state index in [0.29, 0.717) is 100 Å². The number of anilines is 10. The second kappa shape index (κ2) is 30.7. The number of fused-ring (bicyclic) bond motifs is 2. The van der Waals surface area contributed by atoms with Crippen molar-refractivity contribution in [3.63, 3.8) is 0 Å². The van der Waals surface area contributed by atoms with Crippen LogP contribution < -0.4 is 47.9 Å². The number of hydrogen-bond donors (Lipinski definition) is 8. The van der Waals surface area contributed by atoms with Crippen LogP contribution in [0, 0.1) is 0 Å². The van der Waals surface area contributed by atoms with Gasteiger partial charge in [-0.1, -0.05) is 24.3 Å². The molecule has 4 amide bonds. The molecule has 1 unspecified atom stereocenters. The minimum Gasteiger partial charge on any atom is -0.351 e. The third-order valence-corrected chi connectivity index (χ3v) is 15.5. The van der Waals surface area contributed by atoms with Gasteiger partial charge in [-0.3, -0.25) is 19.2 Å². The number of imidazole rings is 2. The van der Waals surface area contributed by atoms with E-state index in [-0.39, 0.29) is 41.8 Å². The van der Waals surface area contributed by atoms with E-state index in [0.717, 1.165) is 67.7 Å². The molecule has 1 atom stereocenters. The van der Waals surface area contributed by atoms with Crippen molar-refractivity contribution in [1.82, 2.24) is 53.7 Å². The zero-order chi connectivity index (χ0) is 64.7. The molecule has 10 rings (SSSR count). The molecule has 478 valence electrons. The molecule has 1 aliphatic heterocycles. The smallest absolute Gasteiger partial charge is 0.255 e. The van der Waals surface area contributed by atoms with Crippen molar-refractivity contribution < 1.29 is 19.2 Å². The lowest BCUT2D eigenvalue weighted by Crippen LogP contribution is -2.43. The maximum atomic E-state index is 13.1. The fourth-order valence-corrected chi connectivity index (χ4v) is 10.6. The van der Waals surface area contributed by atoms with E-state index in [1.165, 1.54) is 12.2 Å². The normalized spacial score (nSPS) is 16.0. The summed E-state index contributed by atoms with van der Waals surface area (Å²) in [6, 6.07) is 29.8. The Balaban J connectivity index is 0.000000216. The Morgan fingerprint density at radius 2 is 1.04 bits per heavy atom. The average Bonchev–Trinajstić information content (AvgIpc) is 1.75. The molecule has 1 saturated heterocycles. The first-order valence-electron chi connectivity index (χ1n) is 31.0. The predicted octanol–water partition coefficient (Wildman–Crippen LogP) is 10.1. The van der Waals surface area contributed by atoms with Crippen LogP contribution in [0.4, 0.5) is 57.7 Å². The van der Waals surface area contributed by atoms with E-state index < -0.39 is 0 Å². The van der Waals surface area contributed by atoms with Crippen LogP contribution in [0.5, 0.6) is 0 Å². The largest absolute Gasteiger partial charge is 0.351 e. The number of benzene rings is 4. The lowest BCUT2D eigenvalue weighted by atomic mass is 9.91. The van der Waals surface area contributed by atoms with Gasteiger partial charge in [0.2, 0.25) is 23.7 Å². The highest BCUT2D eigenvalue weighted by Gasteiger charge is 2.26. The summed E-state index contributed by atoms with van der Waals surface area (Å²) in [6.07, 6.45) is 16.5. The Kier molecular flexibility index (Phi) is 22.2. The number of aromatic nitrogens is 8. The molecule has 91 heavy (non-hydrogen) atoms. The molecule has 0 radical (unpaired) electrons. The number of amides is 4. The zero-order valence-corrected chi connectivity index (χ0v) is 53.7. The van der Waals surface area contributed by atoms with Crippen molar-refractivity contribution in [3.8, 4) is 0 Å². The summed E-state index contributed by atoms with van der Waals surface area (Å²) in [5, 5.41) is 21.9. The van der Waals surface area contributed by atoms with Crippen LogP contribution in [0.2, 0.25) is 0 Å². The molecular weight excluding hydrogens is 1150 g/mol. The van der Waals surface area contributed by atoms with Gasteiger partial charge in [0.1, 0.15) is 0 Å². The first kappa shape index (κ1) is 65.8. The summed E-state index contributed by atoms with van der Waals surface area (Å²) >= 11 is 0. The third-order valence-electron chi connectivity index (χ3n) is 15.5. The molecule has 2 aliphatic rings. The number of carbonyl (C=O) groups excluding carboxylic acids is 4. The van der Waals surface area contributed by atoms with Crippen LogP contribution in [0.1, 0.15) is 99.0 Å². The highest BCUT2D eigenvalue weighted by Crippen LogP contribution is 2.32. The number of likely N-dealkylation sites (N-methyl/N-ethyl adjacent to an activating group) is 2. The number of nitrogens with zero attached hydrogens (tertiary/aromatic N) is 12. The van der Waals surface area contributed by atoms with Gasteiger partial charge in [0.05, 0.1) is 12.7 Å². The number of rotatable bonds is 22. The molecule has 24 nitrogen and oxygen atoms in total. The van der Waals surface area contributed by atoms with Crippen molar-refractivity contribution in [2.24, 2.45) is 5.73 Å². The quantitative estimate of drug-likeness (QED) is 0.0293. The molecule has 8 aromatic rings. The van der Waals surface area contributed by atoms with E-state index in [9.17, 15) is 19.2 Å². The lowest BCUT2D eigenvalue weighted by molar-refractivity contribution is -0.112. The first-order valence-corrected chi connectivity index (χ1v) is 31.0. The molecule has 9 N–H and O–H groups in total. The average molecular weight is 1240 g/mol. The molecule has 4 aromatic carbocycles. The summed E-state index contributed by atoms with van der Waals surface area (Å²) in [7, 11) is 12.0. The molecule has 5 heterocycles. The summed E-state index contributed by atoms with van der Waals surface area (Å²) in [5.41, 5.74) is 14.0. The molecule has 4 aromatic heterocycles. The van der Waals surface area contributed by atoms with Crippen LogP contribution >= 0.6 is 0 Å². The highest BCUT2D eigenvalue weighted by molar-refractivity contribution is 6.06. The molecular formula is C67H86N20O4. The van der Waals surface area contributed by atoms with E-state index in [2.05, 4.69) is 98.8 Å². The van der Waals surface area contributed by atoms with Gasteiger partial charge in [0, 0.05) is 114 Å². The number of hydrogen-bond acceptors (Lipinski definition) is 18. The van der Waals surface area contributed by atoms with Gasteiger partial charge in [0.25, 0.3) is 11.8 Å². The van der Waals surface area contributed by atoms with E-state index >= 15 is 0 Å². The lowest BCUT2D eigenvalue weighted by Gasteiger charge is -2.33. The second-order valence-electron chi connectivity index (χ2n) is 24.3. The fraction of sp³-hybridized carbons (Fsp3) is 0.373. The van der Waals surface area contributed by atoms with E-state index in [1.807, 2.05) is 95.7 Å². The van der Waals surface area contributed by atoms with Crippen molar-refractivity contribution >= 4 is 104 Å². The summed E-state index contributed by atoms with van der Waals surface area (Å²) in [5.74, 6) is 1.39. The Bertz CT molecular complexity index is 3850. The Morgan fingerprint density at radius 1 is 0.571 bits per heavy atom. The van der Waals surface area contributed by atoms with Gasteiger partial charge in [-0.25, -0.2) is 9.97 Å². The summed E-state index contributed by atoms with van der Waals surface area (Å²) in [6.45, 7) is 11.3. The monoisotopic (exact) mass is 1230 g/mol. The maximum absolute atomic E-state index is 13.1. The van der Waals surface area contributed by atoms with Crippen molar-refractivity contribution in [1.29, 1.82) is 0 Å². The topological polar surface area (TPSA) is 279 Å². The van der Waals surface area contributed by atoms with Crippen LogP contribution in [-0.4, -0.2) is 164 Å². The van der Waals surface area contributed by atoms with Gasteiger partial charge in [-0.2, -0.15) is 19.9 Å². The van der Waals surface area contributed by atoms with Crippen LogP contribution in [0.3, 0.4) is 0 Å². The van der Waals surface area contributed by atoms with Crippen molar-refractivity contribution in [2.75, 3.05) is 111 Å². The maximum Gasteiger partial charge on any atom is 0.255 e. The van der Waals surface area contributed by atoms with Gasteiger partial charge in [0.15, 0.2) is 34.0 Å². The zero-order valence-electron chi connectivity index (χ0n) is 53.7. The Hall–Kier alpha value is -9.62. The Morgan fingerprint density at radius 3 is 1.51 bits per heavy atom. The fourth-order valence-electron chi connectivity index (χ4n) is 10.6. The van der Waals surface area contributed by atoms with Crippen LogP contribution in [0.15, 0.2) is 134 Å². The molecule has 1 aliphatic carbocycles. The van der Waals surface area contributed by atoms with E-state index in [1.54, 1.807) is 73.3 Å². The minimum absolute atomic E-state index is 0.0833. The number of nitrogens with one attached hydrogen (secondary N) is 7. The van der Waals surface area contributed by atoms with Gasteiger partial charge >= 0.3 is 0 Å². The van der Waals surface area contributed by atoms with Gasteiger partial charge < -0.3 is 71.7 Å². The van der Waals surface area contributed by atoms with Gasteiger partial charge in [-0.05, 0) is 193 Å². The predicted molar refractivity (Wildman–Crippen MR) is 365 cm³/mol. The number of piperidine rings is 1. The molecule has 0 bridgehead atoms. The first-order chi connectivity index (χ1) is 43.7. The number of carbonyl (C=O) groups is 4. The minimum atomic E-state index is -0.269. The Labute approximate surface area is 532 Å². The van der Waals surface area contributed by atoms with Crippen molar-refractivity contribution in [2.45, 2.75) is 96.4 Å². The molecule has 1 saturated carbocycles. The number of nitrogens with two attached hydrogens (primary N) is 1. The SMILES string of the molecule is CC(C)n1cnc2c(Nc3cccc(NC(=O)c4ccc(NC(=O)/C=C/CN(C)C)cc4)c3)nc(N3CCCC(N)C3)nc21.CC(C)n1cnc2c(Nc3cccc(NC(=O)c4ccc(NC(=O)/C=C/CN(C)C)cc4)c3)nc(NC3CCC(N(C)C)CC3)nc21. The van der Waals surface area contributed by atoms with Crippen LogP contribution in [-0.2, 0) is 9.59 Å². The van der Waals surface area contributed by atoms with Gasteiger partial charge in [-0.15, -0.1) is 0 Å². The standard InChI is InChI=1S/C35H46N10O2.C32H40N10O2/c1-23(2)45-22-36-31-32(41-35(42-33(31)45)40-26-16-18-29(19-17-26)44(5)6)38-27-9-7-10-28(21-27)39-34(47)24-12-14-25(15-13-24)37-30(46)11-8-20-43(3)4;1-21(2)42-20-34-28-29(38-32(39-30(28)42)41-17-6-8-23(33)19-41)36-25-9-5-10-26(18-25)37-31(44)22-12-14-24(15-13-22)35-27(43)11-7-16-40(3)4/h7-15,21-23,26,29H,16-20H2,1-6H3,(H,37,46)(H,39,47)(H2,38,40,41,42);5,7,9-15,18,20-21,23H,6,8,16-17,19,33H2,1-4H3,(H,35,43)(H,37,44)(H,36,38,39)/b11-8+;11-7+. The molecule has 24 heteroatoms. The third kappa shape index (κ3) is 18.3. The van der Waals surface area contributed by atoms with E-state index in [4.69, 9.17) is 25.7 Å². The highest BCUT2D eigenvalue weighted by atomic mass is 16.2. The summed E-state index contributed by atoms with van der Waals surface area (Å²) in [4.78, 5) is 87.5. The molecule has 0 spiro atoms.